The Balaban J connectivity index is 2.15. The lowest BCUT2D eigenvalue weighted by Crippen LogP contribution is -2.52. The van der Waals surface area contributed by atoms with E-state index >= 15 is 0 Å². The molecular weight excluding hydrogens is 112 g/mol. The monoisotopic (exact) mass is 128 g/mol. The summed E-state index contributed by atoms with van der Waals surface area (Å²) >= 11 is 0. The van der Waals surface area contributed by atoms with Crippen LogP contribution in [-0.4, -0.2) is 38.1 Å². The summed E-state index contributed by atoms with van der Waals surface area (Å²) in [6, 6.07) is 0.696. The van der Waals surface area contributed by atoms with Crippen molar-refractivity contribution in [2.24, 2.45) is 5.92 Å². The van der Waals surface area contributed by atoms with Crippen LogP contribution < -0.4 is 5.32 Å². The average Bonchev–Trinajstić information content (AvgIpc) is 1.79. The number of likely N-dealkylation sites (tertiary alicyclic amines) is 1. The Morgan fingerprint density at radius 3 is 2.44 bits per heavy atom. The standard InChI is InChI=1S/C7H16N2/c1-6(8-2)7-4-9(3)5-7/h6-8H,4-5H2,1-3H3. The lowest BCUT2D eigenvalue weighted by atomic mass is 9.94. The van der Waals surface area contributed by atoms with E-state index in [1.54, 1.807) is 0 Å². The van der Waals surface area contributed by atoms with Crippen molar-refractivity contribution in [3.05, 3.63) is 0 Å². The summed E-state index contributed by atoms with van der Waals surface area (Å²) in [4.78, 5) is 2.35. The molecule has 1 atom stereocenters. The van der Waals surface area contributed by atoms with E-state index in [1.807, 2.05) is 7.05 Å². The molecule has 1 heterocycles. The van der Waals surface area contributed by atoms with Gasteiger partial charge in [-0.05, 0) is 26.9 Å². The van der Waals surface area contributed by atoms with Gasteiger partial charge in [0.05, 0.1) is 0 Å². The summed E-state index contributed by atoms with van der Waals surface area (Å²) in [5.41, 5.74) is 0. The SMILES string of the molecule is CNC(C)C1CN(C)C1. The maximum Gasteiger partial charge on any atom is 0.00884 e. The molecule has 1 aliphatic rings. The fraction of sp³-hybridized carbons (Fsp3) is 1.00. The number of nitrogens with one attached hydrogen (secondary N) is 1. The fourth-order valence-electron chi connectivity index (χ4n) is 1.30. The van der Waals surface area contributed by atoms with Crippen LogP contribution in [-0.2, 0) is 0 Å². The average molecular weight is 128 g/mol. The molecule has 2 heteroatoms. The molecule has 1 fully saturated rings. The molecule has 9 heavy (non-hydrogen) atoms. The van der Waals surface area contributed by atoms with E-state index < -0.39 is 0 Å². The smallest absolute Gasteiger partial charge is 0.00884 e. The van der Waals surface area contributed by atoms with Crippen molar-refractivity contribution >= 4 is 0 Å². The quantitative estimate of drug-likeness (QED) is 0.569. The number of nitrogens with zero attached hydrogens (tertiary/aromatic N) is 1. The first-order valence-electron chi connectivity index (χ1n) is 3.60. The van der Waals surface area contributed by atoms with Gasteiger partial charge >= 0.3 is 0 Å². The topological polar surface area (TPSA) is 15.3 Å². The van der Waals surface area contributed by atoms with Gasteiger partial charge in [-0.2, -0.15) is 0 Å². The summed E-state index contributed by atoms with van der Waals surface area (Å²) in [5.74, 6) is 0.889. The molecule has 1 saturated heterocycles. The van der Waals surface area contributed by atoms with Crippen LogP contribution >= 0.6 is 0 Å². The van der Waals surface area contributed by atoms with Crippen LogP contribution in [0.4, 0.5) is 0 Å². The molecule has 0 aromatic carbocycles. The Bertz CT molecular complexity index is 86.9. The van der Waals surface area contributed by atoms with Gasteiger partial charge in [-0.25, -0.2) is 0 Å². The van der Waals surface area contributed by atoms with Gasteiger partial charge in [0, 0.05) is 19.1 Å². The predicted molar refractivity (Wildman–Crippen MR) is 39.5 cm³/mol. The number of hydrogen-bond donors (Lipinski definition) is 1. The van der Waals surface area contributed by atoms with Gasteiger partial charge in [-0.3, -0.25) is 0 Å². The highest BCUT2D eigenvalue weighted by atomic mass is 15.2. The fourth-order valence-corrected chi connectivity index (χ4v) is 1.30. The third kappa shape index (κ3) is 1.43. The zero-order chi connectivity index (χ0) is 6.85. The number of rotatable bonds is 2. The zero-order valence-corrected chi connectivity index (χ0v) is 6.52. The van der Waals surface area contributed by atoms with Gasteiger partial charge in [-0.1, -0.05) is 0 Å². The Morgan fingerprint density at radius 1 is 1.56 bits per heavy atom. The molecular formula is C7H16N2. The molecule has 2 nitrogen and oxygen atoms in total. The Kier molecular flexibility index (Phi) is 2.09. The minimum absolute atomic E-state index is 0.696. The van der Waals surface area contributed by atoms with Crippen LogP contribution in [0.15, 0.2) is 0 Å². The number of hydrogen-bond acceptors (Lipinski definition) is 2. The summed E-state index contributed by atoms with van der Waals surface area (Å²) in [7, 11) is 4.20. The molecule has 0 amide bonds. The molecule has 1 aliphatic heterocycles. The molecule has 0 saturated carbocycles. The third-order valence-corrected chi connectivity index (χ3v) is 2.25. The van der Waals surface area contributed by atoms with Crippen LogP contribution in [0, 0.1) is 5.92 Å². The molecule has 1 unspecified atom stereocenters. The maximum atomic E-state index is 3.26. The van der Waals surface area contributed by atoms with Crippen molar-refractivity contribution < 1.29 is 0 Å². The van der Waals surface area contributed by atoms with Crippen LogP contribution in [0.5, 0.6) is 0 Å². The second kappa shape index (κ2) is 2.67. The molecule has 0 radical (unpaired) electrons. The van der Waals surface area contributed by atoms with Crippen LogP contribution in [0.25, 0.3) is 0 Å². The first-order valence-corrected chi connectivity index (χ1v) is 3.60. The zero-order valence-electron chi connectivity index (χ0n) is 6.52. The first-order chi connectivity index (χ1) is 4.24. The third-order valence-electron chi connectivity index (χ3n) is 2.25. The Morgan fingerprint density at radius 2 is 2.11 bits per heavy atom. The van der Waals surface area contributed by atoms with Crippen molar-refractivity contribution in [1.82, 2.24) is 10.2 Å². The summed E-state index contributed by atoms with van der Waals surface area (Å²) in [5, 5.41) is 3.26. The summed E-state index contributed by atoms with van der Waals surface area (Å²) in [6.45, 7) is 4.78. The molecule has 0 bridgehead atoms. The second-order valence-corrected chi connectivity index (χ2v) is 3.06. The van der Waals surface area contributed by atoms with E-state index in [0.29, 0.717) is 6.04 Å². The Labute approximate surface area is 57.2 Å². The second-order valence-electron chi connectivity index (χ2n) is 3.06. The van der Waals surface area contributed by atoms with Crippen molar-refractivity contribution in [2.45, 2.75) is 13.0 Å². The minimum Gasteiger partial charge on any atom is -0.317 e. The summed E-state index contributed by atoms with van der Waals surface area (Å²) < 4.78 is 0. The van der Waals surface area contributed by atoms with Gasteiger partial charge in [0.15, 0.2) is 0 Å². The van der Waals surface area contributed by atoms with Crippen molar-refractivity contribution in [3.63, 3.8) is 0 Å². The van der Waals surface area contributed by atoms with E-state index in [0.717, 1.165) is 5.92 Å². The van der Waals surface area contributed by atoms with Gasteiger partial charge in [0.1, 0.15) is 0 Å². The molecule has 1 N–H and O–H groups in total. The lowest BCUT2D eigenvalue weighted by molar-refractivity contribution is 0.107. The van der Waals surface area contributed by atoms with Crippen molar-refractivity contribution in [2.75, 3.05) is 27.2 Å². The highest BCUT2D eigenvalue weighted by Gasteiger charge is 2.26. The molecule has 0 aromatic rings. The van der Waals surface area contributed by atoms with E-state index in [2.05, 4.69) is 24.2 Å². The van der Waals surface area contributed by atoms with Crippen LogP contribution in [0.1, 0.15) is 6.92 Å². The molecule has 0 spiro atoms. The molecule has 1 rings (SSSR count). The minimum atomic E-state index is 0.696. The maximum absolute atomic E-state index is 3.26. The van der Waals surface area contributed by atoms with Gasteiger partial charge < -0.3 is 10.2 Å². The predicted octanol–water partition coefficient (Wildman–Crippen LogP) is 0.156. The first kappa shape index (κ1) is 7.03. The van der Waals surface area contributed by atoms with E-state index in [9.17, 15) is 0 Å². The Hall–Kier alpha value is -0.0800. The normalized spacial score (nSPS) is 25.7. The lowest BCUT2D eigenvalue weighted by Gasteiger charge is -2.39. The van der Waals surface area contributed by atoms with Crippen molar-refractivity contribution in [3.8, 4) is 0 Å². The van der Waals surface area contributed by atoms with Gasteiger partial charge in [-0.15, -0.1) is 0 Å². The molecule has 0 aromatic heterocycles. The molecule has 0 aliphatic carbocycles. The highest BCUT2D eigenvalue weighted by Crippen LogP contribution is 2.15. The van der Waals surface area contributed by atoms with Crippen LogP contribution in [0.2, 0.25) is 0 Å². The van der Waals surface area contributed by atoms with E-state index in [1.165, 1.54) is 13.1 Å². The van der Waals surface area contributed by atoms with Crippen LogP contribution in [0.3, 0.4) is 0 Å². The van der Waals surface area contributed by atoms with Gasteiger partial charge in [0.25, 0.3) is 0 Å². The summed E-state index contributed by atoms with van der Waals surface area (Å²) in [6.07, 6.45) is 0. The largest absolute Gasteiger partial charge is 0.317 e. The molecule has 54 valence electrons. The van der Waals surface area contributed by atoms with Gasteiger partial charge in [0.2, 0.25) is 0 Å². The van der Waals surface area contributed by atoms with Crippen molar-refractivity contribution in [1.29, 1.82) is 0 Å². The van der Waals surface area contributed by atoms with E-state index in [-0.39, 0.29) is 0 Å². The highest BCUT2D eigenvalue weighted by molar-refractivity contribution is 4.83. The van der Waals surface area contributed by atoms with E-state index in [4.69, 9.17) is 0 Å².